The molecule has 2 heterocycles. The smallest absolute Gasteiger partial charge is 0.303 e. The van der Waals surface area contributed by atoms with E-state index in [0.717, 1.165) is 13.0 Å². The molecule has 3 unspecified atom stereocenters. The van der Waals surface area contributed by atoms with Gasteiger partial charge in [-0.1, -0.05) is 6.42 Å². The van der Waals surface area contributed by atoms with Gasteiger partial charge in [-0.3, -0.25) is 4.79 Å². The molecule has 0 aromatic rings. The minimum Gasteiger partial charge on any atom is -0.481 e. The van der Waals surface area contributed by atoms with E-state index in [0.29, 0.717) is 19.1 Å². The van der Waals surface area contributed by atoms with Crippen molar-refractivity contribution in [1.29, 1.82) is 0 Å². The van der Waals surface area contributed by atoms with Crippen molar-refractivity contribution in [2.45, 2.75) is 57.0 Å². The Morgan fingerprint density at radius 1 is 1.44 bits per heavy atom. The molecule has 2 rings (SSSR count). The van der Waals surface area contributed by atoms with Gasteiger partial charge in [0.05, 0.1) is 12.7 Å². The molecule has 5 nitrogen and oxygen atoms in total. The first-order chi connectivity index (χ1) is 8.65. The van der Waals surface area contributed by atoms with Crippen LogP contribution in [0.3, 0.4) is 0 Å². The third-order valence-electron chi connectivity index (χ3n) is 3.88. The first-order valence-corrected chi connectivity index (χ1v) is 6.84. The van der Waals surface area contributed by atoms with Gasteiger partial charge >= 0.3 is 5.97 Å². The van der Waals surface area contributed by atoms with E-state index >= 15 is 0 Å². The summed E-state index contributed by atoms with van der Waals surface area (Å²) >= 11 is 0. The number of ether oxygens (including phenoxy) is 2. The minimum absolute atomic E-state index is 0.0417. The number of piperidine rings is 1. The lowest BCUT2D eigenvalue weighted by Crippen LogP contribution is -2.38. The van der Waals surface area contributed by atoms with Crippen LogP contribution in [-0.4, -0.2) is 54.6 Å². The lowest BCUT2D eigenvalue weighted by Gasteiger charge is -2.33. The summed E-state index contributed by atoms with van der Waals surface area (Å²) in [6.07, 6.45) is 5.19. The molecule has 3 atom stereocenters. The number of nitrogens with zero attached hydrogens (tertiary/aromatic N) is 1. The molecular formula is C13H23NO4. The quantitative estimate of drug-likeness (QED) is 0.808. The summed E-state index contributed by atoms with van der Waals surface area (Å²) in [5.74, 6) is -0.769. The van der Waals surface area contributed by atoms with Crippen molar-refractivity contribution in [3.63, 3.8) is 0 Å². The van der Waals surface area contributed by atoms with Crippen LogP contribution in [0, 0.1) is 0 Å². The molecule has 18 heavy (non-hydrogen) atoms. The molecule has 104 valence electrons. The van der Waals surface area contributed by atoms with Crippen LogP contribution in [0.2, 0.25) is 0 Å². The molecule has 0 bridgehead atoms. The summed E-state index contributed by atoms with van der Waals surface area (Å²) < 4.78 is 11.4. The predicted molar refractivity (Wildman–Crippen MR) is 66.4 cm³/mol. The highest BCUT2D eigenvalue weighted by atomic mass is 16.7. The maximum Gasteiger partial charge on any atom is 0.303 e. The van der Waals surface area contributed by atoms with Gasteiger partial charge in [0.1, 0.15) is 0 Å². The number of likely N-dealkylation sites (tertiary alicyclic amines) is 1. The van der Waals surface area contributed by atoms with Crippen LogP contribution in [0.5, 0.6) is 0 Å². The summed E-state index contributed by atoms with van der Waals surface area (Å²) in [6, 6.07) is 0.543. The number of aliphatic carboxylic acids is 1. The Kier molecular flexibility index (Phi) is 4.97. The van der Waals surface area contributed by atoms with E-state index in [4.69, 9.17) is 14.6 Å². The maximum absolute atomic E-state index is 10.5. The van der Waals surface area contributed by atoms with Crippen molar-refractivity contribution in [2.75, 3.05) is 20.2 Å². The Labute approximate surface area is 108 Å². The molecule has 0 aromatic heterocycles. The van der Waals surface area contributed by atoms with Crippen LogP contribution in [0.15, 0.2) is 0 Å². The SMILES string of the molecule is CN1CCCCC1CC1OCC(CCC(=O)O)O1. The lowest BCUT2D eigenvalue weighted by molar-refractivity contribution is -0.138. The van der Waals surface area contributed by atoms with E-state index in [9.17, 15) is 4.79 Å². The highest BCUT2D eigenvalue weighted by Gasteiger charge is 2.30. The number of rotatable bonds is 5. The Morgan fingerprint density at radius 3 is 3.00 bits per heavy atom. The van der Waals surface area contributed by atoms with Gasteiger partial charge in [-0.25, -0.2) is 0 Å². The molecule has 2 aliphatic rings. The topological polar surface area (TPSA) is 59.0 Å². The van der Waals surface area contributed by atoms with E-state index in [1.165, 1.54) is 19.3 Å². The fourth-order valence-electron chi connectivity index (χ4n) is 2.73. The first kappa shape index (κ1) is 13.8. The zero-order valence-electron chi connectivity index (χ0n) is 11.0. The molecule has 2 aliphatic heterocycles. The monoisotopic (exact) mass is 257 g/mol. The van der Waals surface area contributed by atoms with E-state index in [-0.39, 0.29) is 18.8 Å². The zero-order chi connectivity index (χ0) is 13.0. The van der Waals surface area contributed by atoms with Gasteiger partial charge in [-0.2, -0.15) is 0 Å². The number of carboxylic acids is 1. The molecule has 0 aromatic carbocycles. The van der Waals surface area contributed by atoms with E-state index in [1.54, 1.807) is 0 Å². The second kappa shape index (κ2) is 6.50. The van der Waals surface area contributed by atoms with Crippen molar-refractivity contribution in [2.24, 2.45) is 0 Å². The van der Waals surface area contributed by atoms with E-state index < -0.39 is 5.97 Å². The fraction of sp³-hybridized carbons (Fsp3) is 0.923. The normalized spacial score (nSPS) is 33.7. The largest absolute Gasteiger partial charge is 0.481 e. The number of carbonyl (C=O) groups is 1. The number of hydrogen-bond acceptors (Lipinski definition) is 4. The van der Waals surface area contributed by atoms with Crippen LogP contribution in [0.4, 0.5) is 0 Å². The Balaban J connectivity index is 1.70. The third kappa shape index (κ3) is 3.93. The average Bonchev–Trinajstić information content (AvgIpc) is 2.77. The molecule has 5 heteroatoms. The summed E-state index contributed by atoms with van der Waals surface area (Å²) in [6.45, 7) is 1.69. The highest BCUT2D eigenvalue weighted by Crippen LogP contribution is 2.25. The first-order valence-electron chi connectivity index (χ1n) is 6.84. The fourth-order valence-corrected chi connectivity index (χ4v) is 2.73. The molecule has 2 fully saturated rings. The van der Waals surface area contributed by atoms with Crippen LogP contribution >= 0.6 is 0 Å². The van der Waals surface area contributed by atoms with Crippen molar-refractivity contribution >= 4 is 5.97 Å². The standard InChI is InChI=1S/C13H23NO4/c1-14-7-3-2-4-10(14)8-13-17-9-11(18-13)5-6-12(15)16/h10-11,13H,2-9H2,1H3,(H,15,16). The highest BCUT2D eigenvalue weighted by molar-refractivity contribution is 5.66. The average molecular weight is 257 g/mol. The van der Waals surface area contributed by atoms with Crippen molar-refractivity contribution in [3.8, 4) is 0 Å². The third-order valence-corrected chi connectivity index (χ3v) is 3.88. The van der Waals surface area contributed by atoms with Crippen LogP contribution in [0.25, 0.3) is 0 Å². The molecule has 0 amide bonds. The Morgan fingerprint density at radius 2 is 2.28 bits per heavy atom. The summed E-state index contributed by atoms with van der Waals surface area (Å²) in [7, 11) is 2.15. The molecule has 0 saturated carbocycles. The number of carboxylic acid groups (broad SMARTS) is 1. The van der Waals surface area contributed by atoms with Gasteiger partial charge in [-0.15, -0.1) is 0 Å². The summed E-state index contributed by atoms with van der Waals surface area (Å²) in [5, 5.41) is 8.63. The molecule has 0 radical (unpaired) electrons. The second-order valence-corrected chi connectivity index (χ2v) is 5.32. The van der Waals surface area contributed by atoms with Gasteiger partial charge in [-0.05, 0) is 32.9 Å². The van der Waals surface area contributed by atoms with Gasteiger partial charge < -0.3 is 19.5 Å². The van der Waals surface area contributed by atoms with Crippen molar-refractivity contribution in [3.05, 3.63) is 0 Å². The lowest BCUT2D eigenvalue weighted by atomic mass is 10.00. The van der Waals surface area contributed by atoms with Crippen LogP contribution in [-0.2, 0) is 14.3 Å². The molecular weight excluding hydrogens is 234 g/mol. The van der Waals surface area contributed by atoms with E-state index in [2.05, 4.69) is 11.9 Å². The minimum atomic E-state index is -0.769. The van der Waals surface area contributed by atoms with Gasteiger partial charge in [0, 0.05) is 18.9 Å². The van der Waals surface area contributed by atoms with Crippen LogP contribution in [0.1, 0.15) is 38.5 Å². The Bertz CT molecular complexity index is 284. The zero-order valence-corrected chi connectivity index (χ0v) is 11.0. The second-order valence-electron chi connectivity index (χ2n) is 5.32. The van der Waals surface area contributed by atoms with Gasteiger partial charge in [0.25, 0.3) is 0 Å². The predicted octanol–water partition coefficient (Wildman–Crippen LogP) is 1.47. The number of hydrogen-bond donors (Lipinski definition) is 1. The molecule has 0 aliphatic carbocycles. The molecule has 2 saturated heterocycles. The Hall–Kier alpha value is -0.650. The van der Waals surface area contributed by atoms with Crippen LogP contribution < -0.4 is 0 Å². The maximum atomic E-state index is 10.5. The van der Waals surface area contributed by atoms with Crippen molar-refractivity contribution in [1.82, 2.24) is 4.90 Å². The van der Waals surface area contributed by atoms with Gasteiger partial charge in [0.2, 0.25) is 0 Å². The summed E-state index contributed by atoms with van der Waals surface area (Å²) in [4.78, 5) is 12.9. The van der Waals surface area contributed by atoms with E-state index in [1.807, 2.05) is 0 Å². The summed E-state index contributed by atoms with van der Waals surface area (Å²) in [5.41, 5.74) is 0. The van der Waals surface area contributed by atoms with Crippen molar-refractivity contribution < 1.29 is 19.4 Å². The molecule has 0 spiro atoms. The van der Waals surface area contributed by atoms with Gasteiger partial charge in [0.15, 0.2) is 6.29 Å². The molecule has 1 N–H and O–H groups in total.